The Kier molecular flexibility index (Phi) is 3.29. The fourth-order valence-corrected chi connectivity index (χ4v) is 1.82. The van der Waals surface area contributed by atoms with Crippen LogP contribution in [0, 0.1) is 0 Å². The van der Waals surface area contributed by atoms with Crippen molar-refractivity contribution in [2.45, 2.75) is 26.3 Å². The molecule has 1 aromatic rings. The lowest BCUT2D eigenvalue weighted by Gasteiger charge is -2.04. The highest BCUT2D eigenvalue weighted by Crippen LogP contribution is 2.09. The molecule has 0 bridgehead atoms. The fourth-order valence-electron chi connectivity index (χ4n) is 1.14. The summed E-state index contributed by atoms with van der Waals surface area (Å²) in [7, 11) is 0. The van der Waals surface area contributed by atoms with Crippen molar-refractivity contribution in [3.63, 3.8) is 0 Å². The molecule has 0 fully saturated rings. The quantitative estimate of drug-likeness (QED) is 0.564. The van der Waals surface area contributed by atoms with Crippen molar-refractivity contribution in [3.8, 4) is 0 Å². The molecule has 3 heteroatoms. The lowest BCUT2D eigenvalue weighted by molar-refractivity contribution is 0.740. The molecule has 1 atom stereocenters. The molecular weight excluding hydrogens is 168 g/mol. The number of nitrogens with two attached hydrogens (primary N) is 1. The summed E-state index contributed by atoms with van der Waals surface area (Å²) in [5.41, 5.74) is 6.82. The van der Waals surface area contributed by atoms with Crippen LogP contribution in [0.5, 0.6) is 0 Å². The number of hydrogen-bond donors (Lipinski definition) is 1. The molecule has 2 N–H and O–H groups in total. The van der Waals surface area contributed by atoms with E-state index in [1.54, 1.807) is 11.3 Å². The van der Waals surface area contributed by atoms with Crippen molar-refractivity contribution >= 4 is 17.2 Å². The molecule has 0 aromatic carbocycles. The molecule has 2 nitrogen and oxygen atoms in total. The van der Waals surface area contributed by atoms with Crippen molar-refractivity contribution in [1.29, 1.82) is 0 Å². The monoisotopic (exact) mass is 182 g/mol. The van der Waals surface area contributed by atoms with E-state index in [4.69, 9.17) is 5.73 Å². The van der Waals surface area contributed by atoms with Gasteiger partial charge in [0.1, 0.15) is 0 Å². The Morgan fingerprint density at radius 2 is 2.50 bits per heavy atom. The summed E-state index contributed by atoms with van der Waals surface area (Å²) >= 11 is 1.72. The van der Waals surface area contributed by atoms with Crippen LogP contribution in [0.15, 0.2) is 21.8 Å². The maximum absolute atomic E-state index is 5.47. The number of amidine groups is 1. The molecule has 0 aliphatic heterocycles. The molecule has 0 saturated carbocycles. The number of thiophene rings is 1. The lowest BCUT2D eigenvalue weighted by Crippen LogP contribution is -2.12. The van der Waals surface area contributed by atoms with Gasteiger partial charge >= 0.3 is 0 Å². The smallest absolute Gasteiger partial charge is 0.0909 e. The van der Waals surface area contributed by atoms with E-state index in [2.05, 4.69) is 28.7 Å². The van der Waals surface area contributed by atoms with E-state index in [1.165, 1.54) is 5.56 Å². The first-order chi connectivity index (χ1) is 5.68. The molecule has 0 radical (unpaired) electrons. The third-order valence-corrected chi connectivity index (χ3v) is 2.27. The lowest BCUT2D eigenvalue weighted by atomic mass is 10.1. The highest BCUT2D eigenvalue weighted by molar-refractivity contribution is 7.07. The van der Waals surface area contributed by atoms with Crippen LogP contribution in [-0.4, -0.2) is 11.9 Å². The maximum atomic E-state index is 5.47. The fraction of sp³-hybridized carbons (Fsp3) is 0.444. The number of rotatable bonds is 3. The average molecular weight is 182 g/mol. The van der Waals surface area contributed by atoms with Crippen molar-refractivity contribution in [3.05, 3.63) is 22.4 Å². The van der Waals surface area contributed by atoms with Gasteiger partial charge in [0.25, 0.3) is 0 Å². The zero-order valence-corrected chi connectivity index (χ0v) is 8.27. The van der Waals surface area contributed by atoms with Crippen LogP contribution in [0.3, 0.4) is 0 Å². The normalized spacial score (nSPS) is 14.7. The van der Waals surface area contributed by atoms with E-state index in [0.717, 1.165) is 6.42 Å². The average Bonchev–Trinajstić information content (AvgIpc) is 2.37. The molecule has 1 aromatic heterocycles. The van der Waals surface area contributed by atoms with E-state index in [0.29, 0.717) is 11.9 Å². The summed E-state index contributed by atoms with van der Waals surface area (Å²) in [5.74, 6) is 0.665. The summed E-state index contributed by atoms with van der Waals surface area (Å²) in [4.78, 5) is 4.25. The van der Waals surface area contributed by atoms with Crippen LogP contribution in [0.2, 0.25) is 0 Å². The SMILES string of the molecule is CC(N)=NC(C)Cc1ccsc1. The molecule has 1 rings (SSSR count). The van der Waals surface area contributed by atoms with E-state index < -0.39 is 0 Å². The van der Waals surface area contributed by atoms with E-state index >= 15 is 0 Å². The zero-order valence-electron chi connectivity index (χ0n) is 7.45. The first kappa shape index (κ1) is 9.26. The third kappa shape index (κ3) is 3.05. The Balaban J connectivity index is 2.47. The molecule has 66 valence electrons. The van der Waals surface area contributed by atoms with Crippen molar-refractivity contribution in [1.82, 2.24) is 0 Å². The Labute approximate surface area is 77.1 Å². The van der Waals surface area contributed by atoms with Crippen LogP contribution in [0.1, 0.15) is 19.4 Å². The molecule has 12 heavy (non-hydrogen) atoms. The van der Waals surface area contributed by atoms with E-state index in [9.17, 15) is 0 Å². The standard InChI is InChI=1S/C9H14N2S/c1-7(11-8(2)10)5-9-3-4-12-6-9/h3-4,6-7H,5H2,1-2H3,(H2,10,11). The summed E-state index contributed by atoms with van der Waals surface area (Å²) in [5, 5.41) is 4.24. The van der Waals surface area contributed by atoms with Crippen molar-refractivity contribution < 1.29 is 0 Å². The van der Waals surface area contributed by atoms with Gasteiger partial charge in [0.2, 0.25) is 0 Å². The second-order valence-corrected chi connectivity index (χ2v) is 3.74. The van der Waals surface area contributed by atoms with Gasteiger partial charge in [-0.25, -0.2) is 0 Å². The molecule has 0 aliphatic rings. The minimum atomic E-state index is 0.296. The molecular formula is C9H14N2S. The largest absolute Gasteiger partial charge is 0.388 e. The minimum absolute atomic E-state index is 0.296. The second kappa shape index (κ2) is 4.26. The highest BCUT2D eigenvalue weighted by Gasteiger charge is 2.00. The van der Waals surface area contributed by atoms with Crippen LogP contribution in [0.4, 0.5) is 0 Å². The molecule has 0 saturated heterocycles. The molecule has 1 unspecified atom stereocenters. The van der Waals surface area contributed by atoms with E-state index in [1.807, 2.05) is 6.92 Å². The molecule has 0 amide bonds. The Morgan fingerprint density at radius 3 is 3.00 bits per heavy atom. The van der Waals surface area contributed by atoms with Gasteiger partial charge in [0.15, 0.2) is 0 Å². The number of nitrogens with zero attached hydrogens (tertiary/aromatic N) is 1. The van der Waals surface area contributed by atoms with E-state index in [-0.39, 0.29) is 0 Å². The number of hydrogen-bond acceptors (Lipinski definition) is 2. The Morgan fingerprint density at radius 1 is 1.75 bits per heavy atom. The second-order valence-electron chi connectivity index (χ2n) is 2.96. The van der Waals surface area contributed by atoms with Crippen LogP contribution >= 0.6 is 11.3 Å². The molecule has 1 heterocycles. The summed E-state index contributed by atoms with van der Waals surface area (Å²) in [6, 6.07) is 2.42. The number of aliphatic imine (C=N–C) groups is 1. The topological polar surface area (TPSA) is 38.4 Å². The van der Waals surface area contributed by atoms with Gasteiger partial charge in [-0.1, -0.05) is 0 Å². The van der Waals surface area contributed by atoms with Gasteiger partial charge < -0.3 is 5.73 Å². The molecule has 0 spiro atoms. The van der Waals surface area contributed by atoms with Crippen LogP contribution in [-0.2, 0) is 6.42 Å². The Bertz CT molecular complexity index is 248. The Hall–Kier alpha value is -0.830. The third-order valence-electron chi connectivity index (χ3n) is 1.54. The van der Waals surface area contributed by atoms with Gasteiger partial charge in [-0.2, -0.15) is 11.3 Å². The maximum Gasteiger partial charge on any atom is 0.0909 e. The van der Waals surface area contributed by atoms with Crippen LogP contribution < -0.4 is 5.73 Å². The molecule has 0 aliphatic carbocycles. The predicted molar refractivity (Wildman–Crippen MR) is 54.8 cm³/mol. The van der Waals surface area contributed by atoms with Gasteiger partial charge in [-0.3, -0.25) is 4.99 Å². The van der Waals surface area contributed by atoms with Crippen LogP contribution in [0.25, 0.3) is 0 Å². The first-order valence-corrected chi connectivity index (χ1v) is 4.93. The minimum Gasteiger partial charge on any atom is -0.388 e. The predicted octanol–water partition coefficient (Wildman–Crippen LogP) is 2.06. The van der Waals surface area contributed by atoms with Crippen molar-refractivity contribution in [2.24, 2.45) is 10.7 Å². The summed E-state index contributed by atoms with van der Waals surface area (Å²) in [6.45, 7) is 3.90. The summed E-state index contributed by atoms with van der Waals surface area (Å²) < 4.78 is 0. The van der Waals surface area contributed by atoms with Gasteiger partial charge in [0, 0.05) is 0 Å². The first-order valence-electron chi connectivity index (χ1n) is 3.99. The zero-order chi connectivity index (χ0) is 8.97. The van der Waals surface area contributed by atoms with Crippen molar-refractivity contribution in [2.75, 3.05) is 0 Å². The summed E-state index contributed by atoms with van der Waals surface area (Å²) in [6.07, 6.45) is 0.984. The highest BCUT2D eigenvalue weighted by atomic mass is 32.1. The van der Waals surface area contributed by atoms with Gasteiger partial charge in [-0.15, -0.1) is 0 Å². The van der Waals surface area contributed by atoms with Gasteiger partial charge in [0.05, 0.1) is 11.9 Å². The van der Waals surface area contributed by atoms with Gasteiger partial charge in [-0.05, 0) is 42.7 Å².